The van der Waals surface area contributed by atoms with E-state index < -0.39 is 0 Å². The van der Waals surface area contributed by atoms with Gasteiger partial charge < -0.3 is 0 Å². The summed E-state index contributed by atoms with van der Waals surface area (Å²) in [5.41, 5.74) is 4.66. The fourth-order valence-corrected chi connectivity index (χ4v) is 8.50. The maximum Gasteiger partial charge on any atom is 0.159 e. The highest BCUT2D eigenvalue weighted by molar-refractivity contribution is 6.00. The molecule has 2 saturated carbocycles. The number of fused-ring (bicyclic) bond motifs is 4. The van der Waals surface area contributed by atoms with E-state index in [0.29, 0.717) is 48.1 Å². The van der Waals surface area contributed by atoms with Crippen LogP contribution in [0.5, 0.6) is 0 Å². The van der Waals surface area contributed by atoms with Gasteiger partial charge in [-0.3, -0.25) is 14.4 Å². The summed E-state index contributed by atoms with van der Waals surface area (Å²) in [4.78, 5) is 37.3. The fourth-order valence-electron chi connectivity index (χ4n) is 8.50. The smallest absolute Gasteiger partial charge is 0.159 e. The number of ketones is 2. The predicted octanol–water partition coefficient (Wildman–Crippen LogP) is 6.66. The zero-order valence-corrected chi connectivity index (χ0v) is 21.1. The number of Topliss-reactive ketones (excluding diaryl/α,β-unsaturated/α-hetero) is 2. The molecule has 3 nitrogen and oxygen atoms in total. The van der Waals surface area contributed by atoms with Crippen LogP contribution in [0.15, 0.2) is 22.3 Å². The minimum absolute atomic E-state index is 0.0615. The molecule has 7 atom stereocenters. The van der Waals surface area contributed by atoms with Gasteiger partial charge in [-0.2, -0.15) is 0 Å². The van der Waals surface area contributed by atoms with E-state index in [9.17, 15) is 14.4 Å². The van der Waals surface area contributed by atoms with Gasteiger partial charge in [-0.25, -0.2) is 0 Å². The van der Waals surface area contributed by atoms with Crippen molar-refractivity contribution in [1.82, 2.24) is 0 Å². The molecule has 32 heavy (non-hydrogen) atoms. The molecule has 0 heterocycles. The Kier molecular flexibility index (Phi) is 6.18. The zero-order valence-electron chi connectivity index (χ0n) is 21.1. The molecule has 4 aliphatic rings. The lowest BCUT2D eigenvalue weighted by Gasteiger charge is -2.54. The van der Waals surface area contributed by atoms with Gasteiger partial charge in [0.2, 0.25) is 0 Å². The number of aldehydes is 1. The Morgan fingerprint density at radius 3 is 2.53 bits per heavy atom. The van der Waals surface area contributed by atoms with Crippen molar-refractivity contribution in [2.75, 3.05) is 0 Å². The summed E-state index contributed by atoms with van der Waals surface area (Å²) in [6, 6.07) is 0. The van der Waals surface area contributed by atoms with E-state index in [1.54, 1.807) is 0 Å². The minimum atomic E-state index is -0.0999. The molecule has 2 fully saturated rings. The maximum atomic E-state index is 13.8. The van der Waals surface area contributed by atoms with Crippen LogP contribution in [0, 0.1) is 40.4 Å². The average Bonchev–Trinajstić information content (AvgIpc) is 3.10. The van der Waals surface area contributed by atoms with E-state index in [4.69, 9.17) is 0 Å². The van der Waals surface area contributed by atoms with Crippen molar-refractivity contribution in [2.24, 2.45) is 40.4 Å². The van der Waals surface area contributed by atoms with E-state index in [-0.39, 0.29) is 16.7 Å². The third-order valence-electron chi connectivity index (χ3n) is 10.6. The van der Waals surface area contributed by atoms with Crippen molar-refractivity contribution in [3.8, 4) is 0 Å². The molecule has 4 rings (SSSR count). The largest absolute Gasteiger partial charge is 0.299 e. The first-order chi connectivity index (χ1) is 15.0. The summed E-state index contributed by atoms with van der Waals surface area (Å²) < 4.78 is 0. The standard InChI is InChI=1S/C29H42O3/c1-17(19(3)16-30)7-8-18(2)22-11-12-24-21-9-10-23-20(4)25(31)13-14-28(23,5)27(21)26(32)15-29(22,24)6/h16,18,20,22-24H,7-15H2,1-6H3/b19-17-/t18-,20+,22-,23+,24+,28+,29-/m1/s1. The van der Waals surface area contributed by atoms with Crippen LogP contribution < -0.4 is 0 Å². The lowest BCUT2D eigenvalue weighted by molar-refractivity contribution is -0.133. The van der Waals surface area contributed by atoms with Gasteiger partial charge in [-0.15, -0.1) is 0 Å². The molecule has 0 unspecified atom stereocenters. The summed E-state index contributed by atoms with van der Waals surface area (Å²) in [5.74, 6) is 2.85. The number of allylic oxidation sites excluding steroid dienone is 4. The highest BCUT2D eigenvalue weighted by Crippen LogP contribution is 2.65. The van der Waals surface area contributed by atoms with Gasteiger partial charge in [-0.1, -0.05) is 38.8 Å². The average molecular weight is 439 g/mol. The first kappa shape index (κ1) is 23.6. The predicted molar refractivity (Wildman–Crippen MR) is 128 cm³/mol. The Hall–Kier alpha value is -1.51. The number of rotatable bonds is 5. The number of carbonyl (C=O) groups excluding carboxylic acids is 3. The van der Waals surface area contributed by atoms with Gasteiger partial charge in [-0.05, 0) is 98.9 Å². The second-order valence-electron chi connectivity index (χ2n) is 12.2. The Morgan fingerprint density at radius 2 is 1.84 bits per heavy atom. The van der Waals surface area contributed by atoms with Crippen molar-refractivity contribution < 1.29 is 14.4 Å². The van der Waals surface area contributed by atoms with Gasteiger partial charge in [0.05, 0.1) is 0 Å². The summed E-state index contributed by atoms with van der Waals surface area (Å²) in [6.07, 6.45) is 9.68. The minimum Gasteiger partial charge on any atom is -0.299 e. The van der Waals surface area contributed by atoms with Gasteiger partial charge in [0.15, 0.2) is 5.78 Å². The number of carbonyl (C=O) groups is 3. The van der Waals surface area contributed by atoms with Crippen molar-refractivity contribution in [3.05, 3.63) is 22.3 Å². The second kappa shape index (κ2) is 8.37. The molecule has 4 aliphatic carbocycles. The molecule has 0 aromatic heterocycles. The van der Waals surface area contributed by atoms with Gasteiger partial charge in [0, 0.05) is 24.3 Å². The molecule has 0 spiro atoms. The van der Waals surface area contributed by atoms with E-state index in [1.807, 2.05) is 6.92 Å². The van der Waals surface area contributed by atoms with E-state index in [1.165, 1.54) is 24.0 Å². The maximum absolute atomic E-state index is 13.8. The van der Waals surface area contributed by atoms with Crippen LogP contribution in [0.3, 0.4) is 0 Å². The third-order valence-corrected chi connectivity index (χ3v) is 10.6. The molecule has 0 amide bonds. The molecule has 0 bridgehead atoms. The Morgan fingerprint density at radius 1 is 1.12 bits per heavy atom. The lowest BCUT2D eigenvalue weighted by atomic mass is 9.48. The van der Waals surface area contributed by atoms with Crippen LogP contribution in [-0.4, -0.2) is 17.9 Å². The Balaban J connectivity index is 1.61. The van der Waals surface area contributed by atoms with Crippen molar-refractivity contribution in [1.29, 1.82) is 0 Å². The summed E-state index contributed by atoms with van der Waals surface area (Å²) in [7, 11) is 0. The highest BCUT2D eigenvalue weighted by atomic mass is 16.1. The highest BCUT2D eigenvalue weighted by Gasteiger charge is 2.59. The summed E-state index contributed by atoms with van der Waals surface area (Å²) in [5, 5.41) is 0. The van der Waals surface area contributed by atoms with Crippen LogP contribution in [0.4, 0.5) is 0 Å². The molecule has 0 aromatic carbocycles. The molecule has 3 heteroatoms. The molecular formula is C29H42O3. The number of hydrogen-bond donors (Lipinski definition) is 0. The summed E-state index contributed by atoms with van der Waals surface area (Å²) in [6.45, 7) is 13.1. The fraction of sp³-hybridized carbons (Fsp3) is 0.759. The first-order valence-corrected chi connectivity index (χ1v) is 13.0. The molecule has 0 N–H and O–H groups in total. The zero-order chi connectivity index (χ0) is 23.4. The van der Waals surface area contributed by atoms with Gasteiger partial charge in [0.1, 0.15) is 12.1 Å². The van der Waals surface area contributed by atoms with Gasteiger partial charge in [0.25, 0.3) is 0 Å². The molecule has 0 aliphatic heterocycles. The molecule has 0 radical (unpaired) electrons. The van der Waals surface area contributed by atoms with E-state index >= 15 is 0 Å². The lowest BCUT2D eigenvalue weighted by Crippen LogP contribution is -2.50. The van der Waals surface area contributed by atoms with Crippen LogP contribution in [-0.2, 0) is 14.4 Å². The molecule has 176 valence electrons. The molecular weight excluding hydrogens is 396 g/mol. The first-order valence-electron chi connectivity index (χ1n) is 13.0. The summed E-state index contributed by atoms with van der Waals surface area (Å²) >= 11 is 0. The SMILES string of the molecule is C/C(C=O)=C(\C)CC[C@@H](C)[C@H]1CC[C@H]2C3=C(C(=O)C[C@]12C)[C@@]1(C)CCC(=O)[C@@H](C)[C@@H]1CC3. The van der Waals surface area contributed by atoms with Crippen LogP contribution in [0.2, 0.25) is 0 Å². The molecule has 0 aromatic rings. The normalized spacial score (nSPS) is 40.9. The second-order valence-corrected chi connectivity index (χ2v) is 12.2. The topological polar surface area (TPSA) is 51.2 Å². The van der Waals surface area contributed by atoms with Crippen LogP contribution >= 0.6 is 0 Å². The van der Waals surface area contributed by atoms with Crippen molar-refractivity contribution in [2.45, 2.75) is 99.3 Å². The number of hydrogen-bond acceptors (Lipinski definition) is 3. The third kappa shape index (κ3) is 3.49. The Labute approximate surface area is 194 Å². The van der Waals surface area contributed by atoms with Crippen LogP contribution in [0.1, 0.15) is 99.3 Å². The molecule has 0 saturated heterocycles. The van der Waals surface area contributed by atoms with Crippen molar-refractivity contribution >= 4 is 17.9 Å². The van der Waals surface area contributed by atoms with Crippen LogP contribution in [0.25, 0.3) is 0 Å². The monoisotopic (exact) mass is 438 g/mol. The van der Waals surface area contributed by atoms with E-state index in [0.717, 1.165) is 49.5 Å². The van der Waals surface area contributed by atoms with Gasteiger partial charge >= 0.3 is 0 Å². The quantitative estimate of drug-likeness (QED) is 0.356. The van der Waals surface area contributed by atoms with E-state index in [2.05, 4.69) is 34.6 Å². The Bertz CT molecular complexity index is 892. The van der Waals surface area contributed by atoms with Crippen molar-refractivity contribution in [3.63, 3.8) is 0 Å².